The Kier molecular flexibility index (Phi) is 3.45. The number of anilines is 1. The van der Waals surface area contributed by atoms with Crippen molar-refractivity contribution in [3.63, 3.8) is 0 Å². The highest BCUT2D eigenvalue weighted by atomic mass is 32.2. The molecule has 114 valence electrons. The Bertz CT molecular complexity index is 778. The van der Waals surface area contributed by atoms with E-state index < -0.39 is 10.0 Å². The minimum atomic E-state index is -3.26. The predicted molar refractivity (Wildman–Crippen MR) is 84.2 cm³/mol. The van der Waals surface area contributed by atoms with Crippen LogP contribution in [0.4, 0.5) is 5.69 Å². The summed E-state index contributed by atoms with van der Waals surface area (Å²) in [5, 5.41) is 1.02. The number of hydrogen-bond acceptors (Lipinski definition) is 4. The molecule has 0 radical (unpaired) electrons. The van der Waals surface area contributed by atoms with Crippen LogP contribution in [0.3, 0.4) is 0 Å². The summed E-state index contributed by atoms with van der Waals surface area (Å²) in [7, 11) is 0.920. The molecule has 3 rings (SSSR count). The molecule has 0 bridgehead atoms. The smallest absolute Gasteiger partial charge is 0.229 e. The molecule has 1 atom stereocenters. The molecule has 0 saturated heterocycles. The third-order valence-electron chi connectivity index (χ3n) is 4.05. The van der Waals surface area contributed by atoms with E-state index in [1.54, 1.807) is 6.07 Å². The van der Waals surface area contributed by atoms with Crippen LogP contribution in [0, 0.1) is 0 Å². The Morgan fingerprint density at radius 2 is 2.10 bits per heavy atom. The number of fused-ring (bicyclic) bond motifs is 3. The second-order valence-corrected chi connectivity index (χ2v) is 7.70. The Morgan fingerprint density at radius 3 is 2.76 bits per heavy atom. The first-order chi connectivity index (χ1) is 9.83. The van der Waals surface area contributed by atoms with E-state index in [1.807, 2.05) is 12.1 Å². The second-order valence-electron chi connectivity index (χ2n) is 5.95. The van der Waals surface area contributed by atoms with Gasteiger partial charge in [0.15, 0.2) is 0 Å². The number of nitrogens with zero attached hydrogens (tertiary/aromatic N) is 1. The van der Waals surface area contributed by atoms with Gasteiger partial charge in [0, 0.05) is 29.1 Å². The third kappa shape index (κ3) is 2.91. The van der Waals surface area contributed by atoms with Crippen molar-refractivity contribution >= 4 is 26.7 Å². The fraction of sp³-hybridized carbons (Fsp3) is 0.467. The van der Waals surface area contributed by atoms with E-state index in [0.717, 1.165) is 42.2 Å². The summed E-state index contributed by atoms with van der Waals surface area (Å²) < 4.78 is 31.2. The molecule has 1 unspecified atom stereocenters. The molecule has 1 N–H and O–H groups in total. The fourth-order valence-corrected chi connectivity index (χ4v) is 3.53. The lowest BCUT2D eigenvalue weighted by Gasteiger charge is -2.27. The van der Waals surface area contributed by atoms with Crippen molar-refractivity contribution in [2.45, 2.75) is 25.3 Å². The minimum absolute atomic E-state index is 0.504. The van der Waals surface area contributed by atoms with Crippen molar-refractivity contribution in [3.05, 3.63) is 29.5 Å². The van der Waals surface area contributed by atoms with E-state index in [9.17, 15) is 8.42 Å². The zero-order valence-electron chi connectivity index (χ0n) is 12.5. The van der Waals surface area contributed by atoms with Gasteiger partial charge in [-0.3, -0.25) is 4.72 Å². The van der Waals surface area contributed by atoms with Gasteiger partial charge in [0.25, 0.3) is 0 Å². The normalized spacial score (nSPS) is 19.0. The van der Waals surface area contributed by atoms with Crippen LogP contribution in [0.1, 0.15) is 17.7 Å². The van der Waals surface area contributed by atoms with Gasteiger partial charge in [-0.1, -0.05) is 0 Å². The molecule has 5 nitrogen and oxygen atoms in total. The van der Waals surface area contributed by atoms with Crippen LogP contribution >= 0.6 is 0 Å². The van der Waals surface area contributed by atoms with Crippen molar-refractivity contribution in [3.8, 4) is 0 Å². The van der Waals surface area contributed by atoms with Crippen LogP contribution < -0.4 is 4.72 Å². The van der Waals surface area contributed by atoms with Gasteiger partial charge in [-0.15, -0.1) is 0 Å². The average Bonchev–Trinajstić information content (AvgIpc) is 2.74. The molecule has 1 aliphatic rings. The number of rotatable bonds is 3. The summed E-state index contributed by atoms with van der Waals surface area (Å²) in [5.74, 6) is 1.04. The monoisotopic (exact) mass is 308 g/mol. The molecular formula is C15H20N2O3S. The Labute approximate surface area is 125 Å². The molecule has 1 aromatic carbocycles. The third-order valence-corrected chi connectivity index (χ3v) is 4.66. The van der Waals surface area contributed by atoms with E-state index in [-0.39, 0.29) is 0 Å². The maximum Gasteiger partial charge on any atom is 0.229 e. The maximum absolute atomic E-state index is 11.4. The van der Waals surface area contributed by atoms with Crippen LogP contribution in [0.2, 0.25) is 0 Å². The predicted octanol–water partition coefficient (Wildman–Crippen LogP) is 2.22. The standard InChI is InChI=1S/C15H20N2O3S/c1-17(2)11-5-7-15-13(9-11)12-8-10(16-21(3,18)19)4-6-14(12)20-15/h4,6,8,11,16H,5,7,9H2,1-3H3. The van der Waals surface area contributed by atoms with Crippen LogP contribution in [0.15, 0.2) is 22.6 Å². The van der Waals surface area contributed by atoms with Gasteiger partial charge >= 0.3 is 0 Å². The van der Waals surface area contributed by atoms with Crippen molar-refractivity contribution in [1.82, 2.24) is 4.90 Å². The number of benzene rings is 1. The van der Waals surface area contributed by atoms with Gasteiger partial charge in [-0.25, -0.2) is 8.42 Å². The van der Waals surface area contributed by atoms with Gasteiger partial charge < -0.3 is 9.32 Å². The second kappa shape index (κ2) is 5.03. The van der Waals surface area contributed by atoms with Crippen LogP contribution in [-0.2, 0) is 22.9 Å². The quantitative estimate of drug-likeness (QED) is 0.944. The van der Waals surface area contributed by atoms with Gasteiger partial charge in [0.05, 0.1) is 6.26 Å². The molecule has 1 aromatic heterocycles. The molecule has 1 heterocycles. The van der Waals surface area contributed by atoms with Gasteiger partial charge in [-0.05, 0) is 45.1 Å². The van der Waals surface area contributed by atoms with Crippen molar-refractivity contribution in [2.75, 3.05) is 25.1 Å². The lowest BCUT2D eigenvalue weighted by atomic mass is 9.91. The first-order valence-corrected chi connectivity index (χ1v) is 8.91. The topological polar surface area (TPSA) is 62.6 Å². The average molecular weight is 308 g/mol. The number of nitrogens with one attached hydrogen (secondary N) is 1. The summed E-state index contributed by atoms with van der Waals surface area (Å²) in [5.41, 5.74) is 2.63. The molecule has 1 aliphatic carbocycles. The van der Waals surface area contributed by atoms with Crippen molar-refractivity contribution in [1.29, 1.82) is 0 Å². The highest BCUT2D eigenvalue weighted by Crippen LogP contribution is 2.34. The number of sulfonamides is 1. The first-order valence-electron chi connectivity index (χ1n) is 7.02. The SMILES string of the molecule is CN(C)C1CCc2oc3ccc(NS(C)(=O)=O)cc3c2C1. The summed E-state index contributed by atoms with van der Waals surface area (Å²) in [6.07, 6.45) is 4.12. The van der Waals surface area contributed by atoms with E-state index in [4.69, 9.17) is 4.42 Å². The van der Waals surface area contributed by atoms with E-state index in [2.05, 4.69) is 23.7 Å². The molecule has 21 heavy (non-hydrogen) atoms. The van der Waals surface area contributed by atoms with E-state index in [0.29, 0.717) is 11.7 Å². The molecule has 0 amide bonds. The lowest BCUT2D eigenvalue weighted by molar-refractivity contribution is 0.261. The highest BCUT2D eigenvalue weighted by molar-refractivity contribution is 7.92. The Balaban J connectivity index is 2.03. The first kappa shape index (κ1) is 14.4. The van der Waals surface area contributed by atoms with Gasteiger partial charge in [0.2, 0.25) is 10.0 Å². The van der Waals surface area contributed by atoms with Crippen molar-refractivity contribution < 1.29 is 12.8 Å². The summed E-state index contributed by atoms with van der Waals surface area (Å²) in [6, 6.07) is 5.95. The molecule has 0 saturated carbocycles. The van der Waals surface area contributed by atoms with E-state index in [1.165, 1.54) is 5.56 Å². The van der Waals surface area contributed by atoms with Crippen molar-refractivity contribution in [2.24, 2.45) is 0 Å². The van der Waals surface area contributed by atoms with Gasteiger partial charge in [0.1, 0.15) is 11.3 Å². The molecule has 0 spiro atoms. The Morgan fingerprint density at radius 1 is 1.33 bits per heavy atom. The number of aryl methyl sites for hydroxylation is 1. The zero-order valence-corrected chi connectivity index (χ0v) is 13.3. The summed E-state index contributed by atoms with van der Waals surface area (Å²) in [6.45, 7) is 0. The number of hydrogen-bond donors (Lipinski definition) is 1. The fourth-order valence-electron chi connectivity index (χ4n) is 2.98. The molecule has 0 aliphatic heterocycles. The molecule has 6 heteroatoms. The minimum Gasteiger partial charge on any atom is -0.461 e. The van der Waals surface area contributed by atoms with Crippen LogP contribution in [-0.4, -0.2) is 39.7 Å². The summed E-state index contributed by atoms with van der Waals surface area (Å²) >= 11 is 0. The molecule has 0 fully saturated rings. The maximum atomic E-state index is 11.4. The number of likely N-dealkylation sites (N-methyl/N-ethyl adjacent to an activating group) is 1. The van der Waals surface area contributed by atoms with Crippen LogP contribution in [0.5, 0.6) is 0 Å². The number of furan rings is 1. The van der Waals surface area contributed by atoms with Gasteiger partial charge in [-0.2, -0.15) is 0 Å². The largest absolute Gasteiger partial charge is 0.461 e. The molecule has 2 aromatic rings. The zero-order chi connectivity index (χ0) is 15.2. The van der Waals surface area contributed by atoms with Crippen LogP contribution in [0.25, 0.3) is 11.0 Å². The highest BCUT2D eigenvalue weighted by Gasteiger charge is 2.25. The Hall–Kier alpha value is -1.53. The molecular weight excluding hydrogens is 288 g/mol. The lowest BCUT2D eigenvalue weighted by Crippen LogP contribution is -2.33. The van der Waals surface area contributed by atoms with E-state index >= 15 is 0 Å². The summed E-state index contributed by atoms with van der Waals surface area (Å²) in [4.78, 5) is 2.24.